The van der Waals surface area contributed by atoms with Crippen LogP contribution in [0.5, 0.6) is 0 Å². The molecular formula is C25H28N7O2. The lowest BCUT2D eigenvalue weighted by atomic mass is 10.0. The third kappa shape index (κ3) is 4.31. The van der Waals surface area contributed by atoms with Gasteiger partial charge in [0.25, 0.3) is 11.8 Å². The Morgan fingerprint density at radius 3 is 2.44 bits per heavy atom. The summed E-state index contributed by atoms with van der Waals surface area (Å²) in [6, 6.07) is 13.7. The van der Waals surface area contributed by atoms with E-state index in [1.54, 1.807) is 19.1 Å². The molecular weight excluding hydrogens is 430 g/mol. The van der Waals surface area contributed by atoms with Crippen LogP contribution in [0.15, 0.2) is 48.7 Å². The first-order valence-corrected chi connectivity index (χ1v) is 11.6. The molecule has 2 aromatic heterocycles. The monoisotopic (exact) mass is 458 g/mol. The minimum atomic E-state index is -0.713. The van der Waals surface area contributed by atoms with Gasteiger partial charge < -0.3 is 15.5 Å². The largest absolute Gasteiger partial charge is 0.364 e. The standard InChI is InChI=1S/C25H28N7O2/c1-17-22(23(24(26)33)32(29-17)21-10-5-11-27-28-21)25(34)31-15-19-13-30(14-20(19)16-31)12-6-9-18-7-3-2-4-8-18/h2-5,7-11,19-20H,6,12-16H2,1H3,(H2,26,33)/t19-,20?/m0/s1. The molecule has 3 aromatic rings. The lowest BCUT2D eigenvalue weighted by molar-refractivity contribution is 0.0767. The summed E-state index contributed by atoms with van der Waals surface area (Å²) in [6.07, 6.45) is 4.81. The number of fused-ring (bicyclic) bond motifs is 1. The number of primary amides is 1. The minimum absolute atomic E-state index is 0.0538. The fourth-order valence-corrected chi connectivity index (χ4v) is 5.18. The van der Waals surface area contributed by atoms with E-state index < -0.39 is 5.91 Å². The molecule has 175 valence electrons. The Balaban J connectivity index is 1.24. The van der Waals surface area contributed by atoms with Crippen LogP contribution in [-0.2, 0) is 0 Å². The van der Waals surface area contributed by atoms with Gasteiger partial charge in [-0.3, -0.25) is 9.59 Å². The van der Waals surface area contributed by atoms with Crippen molar-refractivity contribution in [3.8, 4) is 5.82 Å². The van der Waals surface area contributed by atoms with Gasteiger partial charge in [-0.2, -0.15) is 10.2 Å². The van der Waals surface area contributed by atoms with Gasteiger partial charge in [0.05, 0.1) is 11.3 Å². The molecule has 2 N–H and O–H groups in total. The molecule has 2 fully saturated rings. The van der Waals surface area contributed by atoms with Crippen molar-refractivity contribution >= 4 is 11.8 Å². The first-order chi connectivity index (χ1) is 16.5. The summed E-state index contributed by atoms with van der Waals surface area (Å²) in [6.45, 7) is 6.06. The molecule has 2 saturated heterocycles. The van der Waals surface area contributed by atoms with E-state index in [1.165, 1.54) is 16.4 Å². The molecule has 9 nitrogen and oxygen atoms in total. The number of likely N-dealkylation sites (tertiary alicyclic amines) is 2. The molecule has 2 aliphatic rings. The molecule has 0 bridgehead atoms. The molecule has 0 saturated carbocycles. The van der Waals surface area contributed by atoms with Gasteiger partial charge in [-0.1, -0.05) is 30.3 Å². The fraction of sp³-hybridized carbons (Fsp3) is 0.360. The Morgan fingerprint density at radius 1 is 1.06 bits per heavy atom. The summed E-state index contributed by atoms with van der Waals surface area (Å²) in [5.74, 6) is 0.315. The number of rotatable bonds is 7. The summed E-state index contributed by atoms with van der Waals surface area (Å²) in [5, 5.41) is 12.2. The van der Waals surface area contributed by atoms with Crippen LogP contribution in [0, 0.1) is 25.2 Å². The van der Waals surface area contributed by atoms with Gasteiger partial charge >= 0.3 is 0 Å². The zero-order chi connectivity index (χ0) is 23.7. The van der Waals surface area contributed by atoms with E-state index in [2.05, 4.69) is 50.9 Å². The summed E-state index contributed by atoms with van der Waals surface area (Å²) in [4.78, 5) is 30.1. The second kappa shape index (κ2) is 9.34. The number of nitrogens with zero attached hydrogens (tertiary/aromatic N) is 6. The lowest BCUT2D eigenvalue weighted by Gasteiger charge is -2.22. The third-order valence-electron chi connectivity index (χ3n) is 6.76. The van der Waals surface area contributed by atoms with Crippen molar-refractivity contribution in [3.05, 3.63) is 77.6 Å². The molecule has 1 unspecified atom stereocenters. The summed E-state index contributed by atoms with van der Waals surface area (Å²) in [7, 11) is 0. The number of carbonyl (C=O) groups is 2. The van der Waals surface area contributed by atoms with Crippen LogP contribution in [0.2, 0.25) is 0 Å². The van der Waals surface area contributed by atoms with Crippen LogP contribution in [0.3, 0.4) is 0 Å². The number of aromatic nitrogens is 4. The molecule has 2 aliphatic heterocycles. The number of aryl methyl sites for hydroxylation is 1. The molecule has 2 amide bonds. The van der Waals surface area contributed by atoms with Crippen molar-refractivity contribution in [3.63, 3.8) is 0 Å². The quantitative estimate of drug-likeness (QED) is 0.577. The van der Waals surface area contributed by atoms with E-state index in [9.17, 15) is 9.59 Å². The van der Waals surface area contributed by atoms with Crippen LogP contribution >= 0.6 is 0 Å². The highest BCUT2D eigenvalue weighted by atomic mass is 16.2. The van der Waals surface area contributed by atoms with Crippen LogP contribution in [-0.4, -0.2) is 74.3 Å². The third-order valence-corrected chi connectivity index (χ3v) is 6.76. The van der Waals surface area contributed by atoms with E-state index in [0.717, 1.165) is 26.1 Å². The molecule has 0 spiro atoms. The Labute approximate surface area is 198 Å². The van der Waals surface area contributed by atoms with Gasteiger partial charge in [0, 0.05) is 32.4 Å². The number of hydrogen-bond donors (Lipinski definition) is 1. The van der Waals surface area contributed by atoms with Crippen LogP contribution in [0.25, 0.3) is 5.82 Å². The second-order valence-electron chi connectivity index (χ2n) is 9.06. The molecule has 0 aliphatic carbocycles. The average molecular weight is 459 g/mol. The predicted octanol–water partition coefficient (Wildman–Crippen LogP) is 1.72. The molecule has 5 rings (SSSR count). The van der Waals surface area contributed by atoms with Crippen LogP contribution in [0.4, 0.5) is 0 Å². The maximum absolute atomic E-state index is 13.5. The molecule has 34 heavy (non-hydrogen) atoms. The first-order valence-electron chi connectivity index (χ1n) is 11.6. The Morgan fingerprint density at radius 2 is 1.79 bits per heavy atom. The van der Waals surface area contributed by atoms with E-state index in [4.69, 9.17) is 5.73 Å². The lowest BCUT2D eigenvalue weighted by Crippen LogP contribution is -2.35. The number of amides is 2. The molecule has 9 heteroatoms. The molecule has 4 heterocycles. The normalized spacial score (nSPS) is 20.0. The summed E-state index contributed by atoms with van der Waals surface area (Å²) < 4.78 is 1.32. The summed E-state index contributed by atoms with van der Waals surface area (Å²) >= 11 is 0. The van der Waals surface area contributed by atoms with E-state index in [1.807, 2.05) is 11.0 Å². The zero-order valence-corrected chi connectivity index (χ0v) is 19.2. The van der Waals surface area contributed by atoms with E-state index in [0.29, 0.717) is 36.4 Å². The van der Waals surface area contributed by atoms with Crippen molar-refractivity contribution in [1.29, 1.82) is 0 Å². The Kier molecular flexibility index (Phi) is 6.10. The number of carbonyl (C=O) groups excluding carboxylic acids is 2. The summed E-state index contributed by atoms with van der Waals surface area (Å²) in [5.41, 5.74) is 7.69. The molecule has 1 radical (unpaired) electrons. The topological polar surface area (TPSA) is 110 Å². The smallest absolute Gasteiger partial charge is 0.268 e. The maximum Gasteiger partial charge on any atom is 0.268 e. The number of hydrogen-bond acceptors (Lipinski definition) is 6. The number of benzene rings is 1. The van der Waals surface area contributed by atoms with Crippen molar-refractivity contribution in [2.45, 2.75) is 13.3 Å². The van der Waals surface area contributed by atoms with Gasteiger partial charge in [0.15, 0.2) is 5.82 Å². The van der Waals surface area contributed by atoms with Crippen molar-refractivity contribution in [2.24, 2.45) is 17.6 Å². The van der Waals surface area contributed by atoms with Crippen molar-refractivity contribution in [2.75, 3.05) is 32.7 Å². The highest BCUT2D eigenvalue weighted by molar-refractivity contribution is 6.06. The van der Waals surface area contributed by atoms with Crippen LogP contribution < -0.4 is 5.73 Å². The van der Waals surface area contributed by atoms with Gasteiger partial charge in [0.2, 0.25) is 0 Å². The highest BCUT2D eigenvalue weighted by Gasteiger charge is 2.42. The van der Waals surface area contributed by atoms with Crippen molar-refractivity contribution in [1.82, 2.24) is 29.8 Å². The maximum atomic E-state index is 13.5. The van der Waals surface area contributed by atoms with Crippen LogP contribution in [0.1, 0.15) is 38.5 Å². The highest BCUT2D eigenvalue weighted by Crippen LogP contribution is 2.33. The van der Waals surface area contributed by atoms with Gasteiger partial charge in [-0.15, -0.1) is 5.10 Å². The SMILES string of the molecule is Cc1nn(-c2cccnn2)c(C(N)=O)c1C(=O)N1CC2CN(CC[CH]c3ccccc3)C[C@H]2C1. The van der Waals surface area contributed by atoms with E-state index >= 15 is 0 Å². The minimum Gasteiger partial charge on any atom is -0.364 e. The average Bonchev–Trinajstić information content (AvgIpc) is 3.51. The van der Waals surface area contributed by atoms with Crippen molar-refractivity contribution < 1.29 is 9.59 Å². The Hall–Kier alpha value is -3.59. The van der Waals surface area contributed by atoms with E-state index in [-0.39, 0.29) is 17.2 Å². The predicted molar refractivity (Wildman–Crippen MR) is 126 cm³/mol. The zero-order valence-electron chi connectivity index (χ0n) is 19.2. The first kappa shape index (κ1) is 22.2. The Bertz CT molecular complexity index is 1160. The second-order valence-corrected chi connectivity index (χ2v) is 9.06. The molecule has 1 aromatic carbocycles. The van der Waals surface area contributed by atoms with Gasteiger partial charge in [-0.25, -0.2) is 4.68 Å². The van der Waals surface area contributed by atoms with Gasteiger partial charge in [-0.05, 0) is 55.8 Å². The fourth-order valence-electron chi connectivity index (χ4n) is 5.18. The number of nitrogens with two attached hydrogens (primary N) is 1. The van der Waals surface area contributed by atoms with Gasteiger partial charge in [0.1, 0.15) is 5.69 Å². The molecule has 2 atom stereocenters.